The Morgan fingerprint density at radius 2 is 1.83 bits per heavy atom. The predicted octanol–water partition coefficient (Wildman–Crippen LogP) is 5.21. The molecule has 1 fully saturated rings. The van der Waals surface area contributed by atoms with Crippen LogP contribution < -0.4 is 10.1 Å². The van der Waals surface area contributed by atoms with Crippen molar-refractivity contribution in [2.24, 2.45) is 5.92 Å². The van der Waals surface area contributed by atoms with Crippen LogP contribution in [0, 0.1) is 12.8 Å². The SMILES string of the molecule is Cc1ccccc1-c1cccc(OCCNCC2CCCCC2)c1. The smallest absolute Gasteiger partial charge is 0.119 e. The van der Waals surface area contributed by atoms with Crippen molar-refractivity contribution in [2.75, 3.05) is 19.7 Å². The van der Waals surface area contributed by atoms with Crippen LogP contribution in [0.3, 0.4) is 0 Å². The van der Waals surface area contributed by atoms with Crippen LogP contribution in [0.25, 0.3) is 11.1 Å². The Morgan fingerprint density at radius 3 is 2.67 bits per heavy atom. The number of benzene rings is 2. The molecular weight excluding hydrogens is 294 g/mol. The summed E-state index contributed by atoms with van der Waals surface area (Å²) in [7, 11) is 0. The first-order valence-electron chi connectivity index (χ1n) is 9.32. The highest BCUT2D eigenvalue weighted by Crippen LogP contribution is 2.26. The highest BCUT2D eigenvalue weighted by Gasteiger charge is 2.12. The first kappa shape index (κ1) is 17.0. The van der Waals surface area contributed by atoms with Crippen LogP contribution in [0.2, 0.25) is 0 Å². The van der Waals surface area contributed by atoms with E-state index < -0.39 is 0 Å². The zero-order valence-electron chi connectivity index (χ0n) is 14.8. The molecule has 0 unspecified atom stereocenters. The summed E-state index contributed by atoms with van der Waals surface area (Å²) in [6, 6.07) is 16.9. The quantitative estimate of drug-likeness (QED) is 0.706. The van der Waals surface area contributed by atoms with Crippen LogP contribution in [-0.4, -0.2) is 19.7 Å². The first-order chi connectivity index (χ1) is 11.8. The number of hydrogen-bond acceptors (Lipinski definition) is 2. The third kappa shape index (κ3) is 4.85. The van der Waals surface area contributed by atoms with E-state index in [9.17, 15) is 0 Å². The fraction of sp³-hybridized carbons (Fsp3) is 0.455. The van der Waals surface area contributed by atoms with Gasteiger partial charge < -0.3 is 10.1 Å². The van der Waals surface area contributed by atoms with Gasteiger partial charge in [0.25, 0.3) is 0 Å². The largest absolute Gasteiger partial charge is 0.492 e. The van der Waals surface area contributed by atoms with Crippen LogP contribution in [0.4, 0.5) is 0 Å². The summed E-state index contributed by atoms with van der Waals surface area (Å²) in [5.74, 6) is 1.83. The van der Waals surface area contributed by atoms with Gasteiger partial charge in [0.1, 0.15) is 12.4 Å². The Hall–Kier alpha value is -1.80. The van der Waals surface area contributed by atoms with Gasteiger partial charge in [0.2, 0.25) is 0 Å². The molecule has 2 aromatic carbocycles. The molecule has 0 atom stereocenters. The lowest BCUT2D eigenvalue weighted by atomic mass is 9.89. The van der Waals surface area contributed by atoms with Gasteiger partial charge in [-0.15, -0.1) is 0 Å². The molecular formula is C22H29NO. The number of aryl methyl sites for hydroxylation is 1. The maximum Gasteiger partial charge on any atom is 0.119 e. The molecule has 2 aromatic rings. The normalized spacial score (nSPS) is 15.4. The van der Waals surface area contributed by atoms with Crippen LogP contribution in [0.1, 0.15) is 37.7 Å². The number of hydrogen-bond donors (Lipinski definition) is 1. The molecule has 1 saturated carbocycles. The summed E-state index contributed by atoms with van der Waals surface area (Å²) >= 11 is 0. The zero-order valence-corrected chi connectivity index (χ0v) is 14.8. The second kappa shape index (κ2) is 8.89. The fourth-order valence-electron chi connectivity index (χ4n) is 3.59. The van der Waals surface area contributed by atoms with Crippen LogP contribution in [0.5, 0.6) is 5.75 Å². The van der Waals surface area contributed by atoms with E-state index in [2.05, 4.69) is 54.7 Å². The Labute approximate surface area is 146 Å². The molecule has 2 heteroatoms. The number of ether oxygens (including phenoxy) is 1. The van der Waals surface area contributed by atoms with E-state index >= 15 is 0 Å². The molecule has 1 aliphatic carbocycles. The van der Waals surface area contributed by atoms with Crippen molar-refractivity contribution in [3.63, 3.8) is 0 Å². The minimum atomic E-state index is 0.726. The maximum absolute atomic E-state index is 5.93. The van der Waals surface area contributed by atoms with Crippen molar-refractivity contribution < 1.29 is 4.74 Å². The molecule has 0 bridgehead atoms. The lowest BCUT2D eigenvalue weighted by Crippen LogP contribution is -2.28. The molecule has 128 valence electrons. The Kier molecular flexibility index (Phi) is 6.31. The van der Waals surface area contributed by atoms with E-state index in [1.807, 2.05) is 6.07 Å². The summed E-state index contributed by atoms with van der Waals surface area (Å²) in [5.41, 5.74) is 3.79. The van der Waals surface area contributed by atoms with Crippen molar-refractivity contribution in [1.82, 2.24) is 5.32 Å². The summed E-state index contributed by atoms with van der Waals surface area (Å²) in [6.45, 7) is 4.94. The molecule has 0 amide bonds. The van der Waals surface area contributed by atoms with Crippen molar-refractivity contribution in [3.05, 3.63) is 54.1 Å². The summed E-state index contributed by atoms with van der Waals surface area (Å²) in [5, 5.41) is 3.56. The molecule has 0 saturated heterocycles. The third-order valence-corrected chi connectivity index (χ3v) is 5.00. The van der Waals surface area contributed by atoms with Gasteiger partial charge in [-0.3, -0.25) is 0 Å². The fourth-order valence-corrected chi connectivity index (χ4v) is 3.59. The first-order valence-corrected chi connectivity index (χ1v) is 9.32. The predicted molar refractivity (Wildman–Crippen MR) is 102 cm³/mol. The van der Waals surface area contributed by atoms with E-state index in [0.29, 0.717) is 0 Å². The van der Waals surface area contributed by atoms with Gasteiger partial charge in [0.05, 0.1) is 0 Å². The number of rotatable bonds is 7. The molecule has 0 aromatic heterocycles. The average molecular weight is 323 g/mol. The second-order valence-electron chi connectivity index (χ2n) is 6.90. The van der Waals surface area contributed by atoms with Gasteiger partial charge in [0.15, 0.2) is 0 Å². The summed E-state index contributed by atoms with van der Waals surface area (Å²) in [6.07, 6.45) is 7.04. The molecule has 1 N–H and O–H groups in total. The van der Waals surface area contributed by atoms with E-state index in [0.717, 1.165) is 31.4 Å². The highest BCUT2D eigenvalue weighted by molar-refractivity contribution is 5.68. The minimum Gasteiger partial charge on any atom is -0.492 e. The molecule has 3 rings (SSSR count). The van der Waals surface area contributed by atoms with Gasteiger partial charge in [-0.25, -0.2) is 0 Å². The molecule has 1 aliphatic rings. The van der Waals surface area contributed by atoms with Crippen molar-refractivity contribution in [3.8, 4) is 16.9 Å². The van der Waals surface area contributed by atoms with E-state index in [1.165, 1.54) is 48.8 Å². The lowest BCUT2D eigenvalue weighted by molar-refractivity contribution is 0.294. The van der Waals surface area contributed by atoms with Crippen molar-refractivity contribution in [2.45, 2.75) is 39.0 Å². The number of nitrogens with one attached hydrogen (secondary N) is 1. The van der Waals surface area contributed by atoms with Crippen molar-refractivity contribution >= 4 is 0 Å². The molecule has 0 radical (unpaired) electrons. The minimum absolute atomic E-state index is 0.726. The maximum atomic E-state index is 5.93. The van der Waals surface area contributed by atoms with Crippen LogP contribution in [-0.2, 0) is 0 Å². The van der Waals surface area contributed by atoms with Crippen LogP contribution >= 0.6 is 0 Å². The zero-order chi connectivity index (χ0) is 16.6. The molecule has 2 nitrogen and oxygen atoms in total. The van der Waals surface area contributed by atoms with Crippen LogP contribution in [0.15, 0.2) is 48.5 Å². The topological polar surface area (TPSA) is 21.3 Å². The Bertz CT molecular complexity index is 631. The van der Waals surface area contributed by atoms with Gasteiger partial charge >= 0.3 is 0 Å². The summed E-state index contributed by atoms with van der Waals surface area (Å²) in [4.78, 5) is 0. The molecule has 24 heavy (non-hydrogen) atoms. The van der Waals surface area contributed by atoms with E-state index in [1.54, 1.807) is 0 Å². The van der Waals surface area contributed by atoms with E-state index in [-0.39, 0.29) is 0 Å². The van der Waals surface area contributed by atoms with Gasteiger partial charge in [-0.2, -0.15) is 0 Å². The molecule has 0 spiro atoms. The van der Waals surface area contributed by atoms with Gasteiger partial charge in [-0.1, -0.05) is 55.7 Å². The Balaban J connectivity index is 1.46. The molecule has 0 aliphatic heterocycles. The summed E-state index contributed by atoms with van der Waals surface area (Å²) < 4.78 is 5.93. The average Bonchev–Trinajstić information content (AvgIpc) is 2.63. The highest BCUT2D eigenvalue weighted by atomic mass is 16.5. The van der Waals surface area contributed by atoms with E-state index in [4.69, 9.17) is 4.74 Å². The van der Waals surface area contributed by atoms with Gasteiger partial charge in [0, 0.05) is 6.54 Å². The third-order valence-electron chi connectivity index (χ3n) is 5.00. The van der Waals surface area contributed by atoms with Gasteiger partial charge in [-0.05, 0) is 61.1 Å². The standard InChI is InChI=1S/C22H29NO/c1-18-8-5-6-13-22(18)20-11-7-12-21(16-20)24-15-14-23-17-19-9-3-2-4-10-19/h5-8,11-13,16,19,23H,2-4,9-10,14-15,17H2,1H3. The lowest BCUT2D eigenvalue weighted by Gasteiger charge is -2.21. The van der Waals surface area contributed by atoms with Crippen molar-refractivity contribution in [1.29, 1.82) is 0 Å². The monoisotopic (exact) mass is 323 g/mol. The second-order valence-corrected chi connectivity index (χ2v) is 6.90. The molecule has 0 heterocycles. The Morgan fingerprint density at radius 1 is 1.00 bits per heavy atom.